The molecule has 29 heavy (non-hydrogen) atoms. The van der Waals surface area contributed by atoms with Gasteiger partial charge >= 0.3 is 0 Å². The summed E-state index contributed by atoms with van der Waals surface area (Å²) < 4.78 is 5.32. The summed E-state index contributed by atoms with van der Waals surface area (Å²) in [5.74, 6) is -0.319. The van der Waals surface area contributed by atoms with Crippen molar-refractivity contribution >= 4 is 17.0 Å². The number of aromatic nitrogens is 3. The lowest BCUT2D eigenvalue weighted by Crippen LogP contribution is -2.28. The Morgan fingerprint density at radius 1 is 1.14 bits per heavy atom. The van der Waals surface area contributed by atoms with Crippen LogP contribution in [-0.2, 0) is 6.54 Å². The van der Waals surface area contributed by atoms with Gasteiger partial charge in [0, 0.05) is 23.4 Å². The third-order valence-corrected chi connectivity index (χ3v) is 4.85. The number of fused-ring (bicyclic) bond motifs is 1. The SMILES string of the molecule is Cc1cc(C)c(CNC(=O)c2cc(-c3ccccc3)nc3onc(C)c23)c(=O)[nH]1. The van der Waals surface area contributed by atoms with Gasteiger partial charge in [0.2, 0.25) is 0 Å². The summed E-state index contributed by atoms with van der Waals surface area (Å²) >= 11 is 0. The number of rotatable bonds is 4. The van der Waals surface area contributed by atoms with Crippen LogP contribution in [0, 0.1) is 20.8 Å². The molecule has 0 aliphatic rings. The number of amides is 1. The quantitative estimate of drug-likeness (QED) is 0.558. The monoisotopic (exact) mass is 388 g/mol. The van der Waals surface area contributed by atoms with Gasteiger partial charge in [-0.3, -0.25) is 9.59 Å². The van der Waals surface area contributed by atoms with E-state index in [0.29, 0.717) is 33.6 Å². The first-order valence-electron chi connectivity index (χ1n) is 9.24. The van der Waals surface area contributed by atoms with Gasteiger partial charge in [-0.2, -0.15) is 0 Å². The highest BCUT2D eigenvalue weighted by atomic mass is 16.5. The lowest BCUT2D eigenvalue weighted by molar-refractivity contribution is 0.0952. The van der Waals surface area contributed by atoms with E-state index in [1.54, 1.807) is 13.0 Å². The summed E-state index contributed by atoms with van der Waals surface area (Å²) in [7, 11) is 0. The van der Waals surface area contributed by atoms with E-state index in [1.807, 2.05) is 50.2 Å². The Kier molecular flexibility index (Phi) is 4.72. The molecule has 3 heterocycles. The number of nitrogens with one attached hydrogen (secondary N) is 2. The van der Waals surface area contributed by atoms with E-state index < -0.39 is 0 Å². The first-order valence-corrected chi connectivity index (χ1v) is 9.24. The summed E-state index contributed by atoms with van der Waals surface area (Å²) in [6, 6.07) is 13.1. The van der Waals surface area contributed by atoms with Crippen LogP contribution >= 0.6 is 0 Å². The molecular weight excluding hydrogens is 368 g/mol. The number of pyridine rings is 2. The molecular formula is C22H20N4O3. The molecule has 0 saturated heterocycles. The Hall–Kier alpha value is -3.74. The zero-order valence-corrected chi connectivity index (χ0v) is 16.4. The van der Waals surface area contributed by atoms with Crippen LogP contribution in [0.5, 0.6) is 0 Å². The largest absolute Gasteiger partial charge is 0.348 e. The van der Waals surface area contributed by atoms with Gasteiger partial charge in [0.1, 0.15) is 0 Å². The molecule has 0 fully saturated rings. The number of hydrogen-bond acceptors (Lipinski definition) is 5. The molecule has 0 saturated carbocycles. The minimum absolute atomic E-state index is 0.120. The number of H-pyrrole nitrogens is 1. The van der Waals surface area contributed by atoms with Crippen molar-refractivity contribution in [2.24, 2.45) is 0 Å². The maximum absolute atomic E-state index is 13.0. The summed E-state index contributed by atoms with van der Waals surface area (Å²) in [5, 5.41) is 7.37. The second-order valence-corrected chi connectivity index (χ2v) is 6.99. The van der Waals surface area contributed by atoms with Gasteiger partial charge < -0.3 is 14.8 Å². The second-order valence-electron chi connectivity index (χ2n) is 6.99. The molecule has 2 N–H and O–H groups in total. The summed E-state index contributed by atoms with van der Waals surface area (Å²) in [5.41, 5.74) is 4.72. The van der Waals surface area contributed by atoms with Gasteiger partial charge in [-0.05, 0) is 38.5 Å². The number of nitrogens with zero attached hydrogens (tertiary/aromatic N) is 2. The fraction of sp³-hybridized carbons (Fsp3) is 0.182. The van der Waals surface area contributed by atoms with Crippen molar-refractivity contribution < 1.29 is 9.32 Å². The molecule has 4 aromatic rings. The van der Waals surface area contributed by atoms with E-state index in [-0.39, 0.29) is 18.0 Å². The summed E-state index contributed by atoms with van der Waals surface area (Å²) in [4.78, 5) is 32.5. The molecule has 0 aliphatic carbocycles. The molecule has 3 aromatic heterocycles. The highest BCUT2D eigenvalue weighted by molar-refractivity contribution is 6.06. The van der Waals surface area contributed by atoms with Gasteiger partial charge in [0.05, 0.1) is 22.3 Å². The van der Waals surface area contributed by atoms with E-state index in [1.165, 1.54) is 0 Å². The van der Waals surface area contributed by atoms with Crippen LogP contribution in [0.15, 0.2) is 51.8 Å². The number of carbonyl (C=O) groups excluding carboxylic acids is 1. The molecule has 1 amide bonds. The van der Waals surface area contributed by atoms with Gasteiger partial charge in [-0.25, -0.2) is 4.98 Å². The normalized spacial score (nSPS) is 11.0. The molecule has 0 spiro atoms. The van der Waals surface area contributed by atoms with Crippen LogP contribution < -0.4 is 10.9 Å². The molecule has 0 atom stereocenters. The summed E-state index contributed by atoms with van der Waals surface area (Å²) in [6.45, 7) is 5.56. The number of hydrogen-bond donors (Lipinski definition) is 2. The van der Waals surface area contributed by atoms with E-state index >= 15 is 0 Å². The van der Waals surface area contributed by atoms with Crippen LogP contribution in [0.4, 0.5) is 0 Å². The number of carbonyl (C=O) groups is 1. The van der Waals surface area contributed by atoms with Crippen LogP contribution in [0.1, 0.15) is 32.9 Å². The number of aryl methyl sites for hydroxylation is 3. The predicted molar refractivity (Wildman–Crippen MR) is 110 cm³/mol. The minimum Gasteiger partial charge on any atom is -0.348 e. The van der Waals surface area contributed by atoms with Crippen LogP contribution in [0.2, 0.25) is 0 Å². The lowest BCUT2D eigenvalue weighted by atomic mass is 10.0. The first kappa shape index (κ1) is 18.6. The molecule has 4 rings (SSSR count). The maximum atomic E-state index is 13.0. The fourth-order valence-electron chi connectivity index (χ4n) is 3.40. The average molecular weight is 388 g/mol. The topological polar surface area (TPSA) is 101 Å². The van der Waals surface area contributed by atoms with Crippen molar-refractivity contribution in [3.63, 3.8) is 0 Å². The lowest BCUT2D eigenvalue weighted by Gasteiger charge is -2.10. The summed E-state index contributed by atoms with van der Waals surface area (Å²) in [6.07, 6.45) is 0. The van der Waals surface area contributed by atoms with Crippen LogP contribution in [-0.4, -0.2) is 21.0 Å². The second kappa shape index (κ2) is 7.35. The van der Waals surface area contributed by atoms with Gasteiger partial charge in [-0.15, -0.1) is 0 Å². The zero-order chi connectivity index (χ0) is 20.5. The van der Waals surface area contributed by atoms with Crippen LogP contribution in [0.3, 0.4) is 0 Å². The Morgan fingerprint density at radius 3 is 2.62 bits per heavy atom. The van der Waals surface area contributed by atoms with Crippen molar-refractivity contribution in [1.29, 1.82) is 0 Å². The van der Waals surface area contributed by atoms with Crippen molar-refractivity contribution in [1.82, 2.24) is 20.4 Å². The molecule has 7 heteroatoms. The molecule has 0 bridgehead atoms. The zero-order valence-electron chi connectivity index (χ0n) is 16.4. The maximum Gasteiger partial charge on any atom is 0.259 e. The Balaban J connectivity index is 1.72. The van der Waals surface area contributed by atoms with E-state index in [9.17, 15) is 9.59 Å². The van der Waals surface area contributed by atoms with Crippen molar-refractivity contribution in [2.75, 3.05) is 0 Å². The molecule has 146 valence electrons. The average Bonchev–Trinajstić information content (AvgIpc) is 3.08. The van der Waals surface area contributed by atoms with Gasteiger partial charge in [0.15, 0.2) is 0 Å². The predicted octanol–water partition coefficient (Wildman–Crippen LogP) is 3.43. The van der Waals surface area contributed by atoms with Crippen molar-refractivity contribution in [2.45, 2.75) is 27.3 Å². The highest BCUT2D eigenvalue weighted by Gasteiger charge is 2.19. The van der Waals surface area contributed by atoms with E-state index in [0.717, 1.165) is 16.8 Å². The minimum atomic E-state index is -0.319. The van der Waals surface area contributed by atoms with Crippen molar-refractivity contribution in [3.05, 3.63) is 80.9 Å². The molecule has 1 aromatic carbocycles. The highest BCUT2D eigenvalue weighted by Crippen LogP contribution is 2.27. The molecule has 0 unspecified atom stereocenters. The van der Waals surface area contributed by atoms with E-state index in [2.05, 4.69) is 20.4 Å². The third kappa shape index (κ3) is 3.54. The standard InChI is InChI=1S/C22H20N4O3/c1-12-9-13(2)24-21(28)17(12)11-23-20(27)16-10-18(15-7-5-4-6-8-15)25-22-19(16)14(3)26-29-22/h4-10H,11H2,1-3H3,(H,23,27)(H,24,28). The fourth-order valence-corrected chi connectivity index (χ4v) is 3.40. The van der Waals surface area contributed by atoms with E-state index in [4.69, 9.17) is 4.52 Å². The smallest absolute Gasteiger partial charge is 0.259 e. The molecule has 0 aliphatic heterocycles. The number of aromatic amines is 1. The Labute approximate surface area is 166 Å². The van der Waals surface area contributed by atoms with Crippen LogP contribution in [0.25, 0.3) is 22.4 Å². The van der Waals surface area contributed by atoms with Crippen molar-refractivity contribution in [3.8, 4) is 11.3 Å². The molecule has 7 nitrogen and oxygen atoms in total. The van der Waals surface area contributed by atoms with Gasteiger partial charge in [-0.1, -0.05) is 35.5 Å². The third-order valence-electron chi connectivity index (χ3n) is 4.85. The van der Waals surface area contributed by atoms with Gasteiger partial charge in [0.25, 0.3) is 17.2 Å². The first-order chi connectivity index (χ1) is 13.9. The Bertz CT molecular complexity index is 1270. The molecule has 0 radical (unpaired) electrons. The number of benzene rings is 1. The Morgan fingerprint density at radius 2 is 1.90 bits per heavy atom.